The van der Waals surface area contributed by atoms with Crippen LogP contribution in [0.4, 0.5) is 4.39 Å². The summed E-state index contributed by atoms with van der Waals surface area (Å²) in [7, 11) is 1.90. The van der Waals surface area contributed by atoms with E-state index >= 15 is 0 Å². The van der Waals surface area contributed by atoms with Crippen LogP contribution in [0.1, 0.15) is 12.5 Å². The Bertz CT molecular complexity index is 460. The third kappa shape index (κ3) is 3.77. The molecular weight excluding hydrogens is 257 g/mol. The van der Waals surface area contributed by atoms with Crippen LogP contribution >= 0.6 is 0 Å². The molecule has 20 heavy (non-hydrogen) atoms. The molecule has 1 saturated heterocycles. The van der Waals surface area contributed by atoms with Gasteiger partial charge in [-0.25, -0.2) is 4.39 Å². The number of hydrogen-bond donors (Lipinski definition) is 1. The van der Waals surface area contributed by atoms with Crippen molar-refractivity contribution in [1.82, 2.24) is 15.1 Å². The highest BCUT2D eigenvalue weighted by atomic mass is 19.1. The first-order valence-corrected chi connectivity index (χ1v) is 7.02. The predicted molar refractivity (Wildman–Crippen MR) is 76.8 cm³/mol. The van der Waals surface area contributed by atoms with E-state index in [1.54, 1.807) is 6.07 Å². The van der Waals surface area contributed by atoms with Crippen LogP contribution in [0, 0.1) is 5.82 Å². The summed E-state index contributed by atoms with van der Waals surface area (Å²) >= 11 is 0. The molecule has 1 aliphatic rings. The first-order chi connectivity index (χ1) is 9.58. The van der Waals surface area contributed by atoms with E-state index in [2.05, 4.69) is 5.32 Å². The van der Waals surface area contributed by atoms with E-state index in [1.165, 1.54) is 12.1 Å². The molecule has 1 heterocycles. The highest BCUT2D eigenvalue weighted by molar-refractivity contribution is 5.81. The molecule has 0 aliphatic carbocycles. The van der Waals surface area contributed by atoms with Crippen LogP contribution in [-0.2, 0) is 11.3 Å². The molecule has 0 radical (unpaired) electrons. The Morgan fingerprint density at radius 2 is 2.15 bits per heavy atom. The van der Waals surface area contributed by atoms with E-state index in [0.29, 0.717) is 6.54 Å². The van der Waals surface area contributed by atoms with E-state index in [1.807, 2.05) is 29.8 Å². The lowest BCUT2D eigenvalue weighted by atomic mass is 10.1. The quantitative estimate of drug-likeness (QED) is 0.896. The lowest BCUT2D eigenvalue weighted by molar-refractivity contribution is -0.136. The minimum absolute atomic E-state index is 0.144. The number of piperazine rings is 1. The molecule has 0 bridgehead atoms. The number of hydrogen-bond acceptors (Lipinski definition) is 3. The normalized spacial score (nSPS) is 17.3. The zero-order chi connectivity index (χ0) is 14.5. The van der Waals surface area contributed by atoms with Gasteiger partial charge < -0.3 is 10.2 Å². The number of nitrogens with zero attached hydrogens (tertiary/aromatic N) is 2. The zero-order valence-corrected chi connectivity index (χ0v) is 12.1. The minimum Gasteiger partial charge on any atom is -0.339 e. The SMILES string of the molecule is CC(C(=O)N1CCNCC1)N(C)Cc1cccc(F)c1. The van der Waals surface area contributed by atoms with Crippen molar-refractivity contribution >= 4 is 5.91 Å². The summed E-state index contributed by atoms with van der Waals surface area (Å²) in [6, 6.07) is 6.32. The predicted octanol–water partition coefficient (Wildman–Crippen LogP) is 1.08. The number of nitrogens with one attached hydrogen (secondary N) is 1. The molecule has 1 aliphatic heterocycles. The summed E-state index contributed by atoms with van der Waals surface area (Å²) < 4.78 is 13.2. The van der Waals surface area contributed by atoms with Crippen molar-refractivity contribution in [1.29, 1.82) is 0 Å². The van der Waals surface area contributed by atoms with Gasteiger partial charge in [0.05, 0.1) is 6.04 Å². The fraction of sp³-hybridized carbons (Fsp3) is 0.533. The van der Waals surface area contributed by atoms with E-state index < -0.39 is 0 Å². The topological polar surface area (TPSA) is 35.6 Å². The van der Waals surface area contributed by atoms with Crippen molar-refractivity contribution in [3.63, 3.8) is 0 Å². The van der Waals surface area contributed by atoms with Gasteiger partial charge in [0.2, 0.25) is 5.91 Å². The molecule has 4 nitrogen and oxygen atoms in total. The number of carbonyl (C=O) groups is 1. The highest BCUT2D eigenvalue weighted by Gasteiger charge is 2.24. The van der Waals surface area contributed by atoms with E-state index in [0.717, 1.165) is 31.7 Å². The van der Waals surface area contributed by atoms with Crippen LogP contribution in [0.15, 0.2) is 24.3 Å². The van der Waals surface area contributed by atoms with Crippen LogP contribution < -0.4 is 5.32 Å². The number of rotatable bonds is 4. The van der Waals surface area contributed by atoms with Crippen LogP contribution in [0.25, 0.3) is 0 Å². The second-order valence-electron chi connectivity index (χ2n) is 5.30. The van der Waals surface area contributed by atoms with Gasteiger partial charge >= 0.3 is 0 Å². The van der Waals surface area contributed by atoms with E-state index in [9.17, 15) is 9.18 Å². The summed E-state index contributed by atoms with van der Waals surface area (Å²) in [5.74, 6) is -0.0950. The van der Waals surface area contributed by atoms with Crippen molar-refractivity contribution in [3.8, 4) is 0 Å². The Balaban J connectivity index is 1.93. The summed E-state index contributed by atoms with van der Waals surface area (Å²) in [4.78, 5) is 16.2. The average Bonchev–Trinajstić information content (AvgIpc) is 2.46. The number of halogens is 1. The third-order valence-electron chi connectivity index (χ3n) is 3.77. The van der Waals surface area contributed by atoms with Crippen molar-refractivity contribution in [2.24, 2.45) is 0 Å². The number of benzene rings is 1. The Morgan fingerprint density at radius 1 is 1.45 bits per heavy atom. The molecular formula is C15H22FN3O. The molecule has 0 saturated carbocycles. The fourth-order valence-corrected chi connectivity index (χ4v) is 2.40. The summed E-state index contributed by atoms with van der Waals surface area (Å²) in [6.07, 6.45) is 0. The van der Waals surface area contributed by atoms with Gasteiger partial charge in [-0.15, -0.1) is 0 Å². The number of amides is 1. The monoisotopic (exact) mass is 279 g/mol. The lowest BCUT2D eigenvalue weighted by Crippen LogP contribution is -2.52. The van der Waals surface area contributed by atoms with Gasteiger partial charge in [-0.1, -0.05) is 12.1 Å². The molecule has 1 aromatic rings. The largest absolute Gasteiger partial charge is 0.339 e. The van der Waals surface area contributed by atoms with Crippen LogP contribution in [0.5, 0.6) is 0 Å². The Morgan fingerprint density at radius 3 is 2.80 bits per heavy atom. The lowest BCUT2D eigenvalue weighted by Gasteiger charge is -2.33. The van der Waals surface area contributed by atoms with Gasteiger partial charge in [0.1, 0.15) is 5.82 Å². The molecule has 1 unspecified atom stereocenters. The second-order valence-corrected chi connectivity index (χ2v) is 5.30. The maximum absolute atomic E-state index is 13.2. The minimum atomic E-state index is -0.239. The first kappa shape index (κ1) is 14.9. The van der Waals surface area contributed by atoms with Crippen LogP contribution in [0.2, 0.25) is 0 Å². The van der Waals surface area contributed by atoms with E-state index in [4.69, 9.17) is 0 Å². The van der Waals surface area contributed by atoms with Crippen molar-refractivity contribution in [3.05, 3.63) is 35.6 Å². The van der Waals surface area contributed by atoms with Gasteiger partial charge in [-0.05, 0) is 31.7 Å². The molecule has 1 atom stereocenters. The number of likely N-dealkylation sites (N-methyl/N-ethyl adjacent to an activating group) is 1. The average molecular weight is 279 g/mol. The number of carbonyl (C=O) groups excluding carboxylic acids is 1. The van der Waals surface area contributed by atoms with Crippen LogP contribution in [0.3, 0.4) is 0 Å². The van der Waals surface area contributed by atoms with Gasteiger partial charge in [-0.3, -0.25) is 9.69 Å². The summed E-state index contributed by atoms with van der Waals surface area (Å²) in [5.41, 5.74) is 0.882. The van der Waals surface area contributed by atoms with Gasteiger partial charge in [0.25, 0.3) is 0 Å². The zero-order valence-electron chi connectivity index (χ0n) is 12.1. The third-order valence-corrected chi connectivity index (χ3v) is 3.77. The second kappa shape index (κ2) is 6.81. The Hall–Kier alpha value is -1.46. The fourth-order valence-electron chi connectivity index (χ4n) is 2.40. The summed E-state index contributed by atoms with van der Waals surface area (Å²) in [6.45, 7) is 5.70. The molecule has 0 spiro atoms. The van der Waals surface area contributed by atoms with E-state index in [-0.39, 0.29) is 17.8 Å². The molecule has 1 amide bonds. The molecule has 110 valence electrons. The van der Waals surface area contributed by atoms with Crippen molar-refractivity contribution in [2.75, 3.05) is 33.2 Å². The smallest absolute Gasteiger partial charge is 0.239 e. The molecule has 1 aromatic carbocycles. The highest BCUT2D eigenvalue weighted by Crippen LogP contribution is 2.10. The maximum Gasteiger partial charge on any atom is 0.239 e. The van der Waals surface area contributed by atoms with Crippen LogP contribution in [-0.4, -0.2) is 55.0 Å². The Kier molecular flexibility index (Phi) is 5.09. The van der Waals surface area contributed by atoms with Crippen molar-refractivity contribution < 1.29 is 9.18 Å². The molecule has 5 heteroatoms. The molecule has 0 aromatic heterocycles. The first-order valence-electron chi connectivity index (χ1n) is 7.02. The molecule has 2 rings (SSSR count). The van der Waals surface area contributed by atoms with Gasteiger partial charge in [0, 0.05) is 32.7 Å². The molecule has 1 N–H and O–H groups in total. The van der Waals surface area contributed by atoms with Gasteiger partial charge in [0.15, 0.2) is 0 Å². The van der Waals surface area contributed by atoms with Gasteiger partial charge in [-0.2, -0.15) is 0 Å². The summed E-state index contributed by atoms with van der Waals surface area (Å²) in [5, 5.41) is 3.23. The molecule has 1 fully saturated rings. The standard InChI is InChI=1S/C15H22FN3O/c1-12(15(20)19-8-6-17-7-9-19)18(2)11-13-4-3-5-14(16)10-13/h3-5,10,12,17H,6-9,11H2,1-2H3. The van der Waals surface area contributed by atoms with Crippen molar-refractivity contribution in [2.45, 2.75) is 19.5 Å². The Labute approximate surface area is 119 Å². The maximum atomic E-state index is 13.2.